The fourth-order valence-corrected chi connectivity index (χ4v) is 4.08. The number of amides is 2. The minimum atomic E-state index is -0.507. The van der Waals surface area contributed by atoms with E-state index in [2.05, 4.69) is 25.5 Å². The molecule has 0 atom stereocenters. The molecular weight excluding hydrogens is 409 g/mol. The molecule has 0 aromatic carbocycles. The predicted octanol–water partition coefficient (Wildman–Crippen LogP) is 4.13. The monoisotopic (exact) mass is 433 g/mol. The summed E-state index contributed by atoms with van der Waals surface area (Å²) in [4.78, 5) is 30.1. The lowest BCUT2D eigenvalue weighted by molar-refractivity contribution is 0.257. The fourth-order valence-electron chi connectivity index (χ4n) is 4.08. The topological polar surface area (TPSA) is 86.3 Å². The van der Waals surface area contributed by atoms with Gasteiger partial charge in [0.05, 0.1) is 29.5 Å². The third-order valence-corrected chi connectivity index (χ3v) is 5.68. The van der Waals surface area contributed by atoms with E-state index in [1.807, 2.05) is 24.3 Å². The van der Waals surface area contributed by atoms with Gasteiger partial charge in [-0.05, 0) is 43.5 Å². The van der Waals surface area contributed by atoms with Crippen molar-refractivity contribution in [3.8, 4) is 11.3 Å². The Bertz CT molecular complexity index is 1130. The molecule has 9 heteroatoms. The summed E-state index contributed by atoms with van der Waals surface area (Å²) in [5.41, 5.74) is 2.80. The molecule has 3 aromatic rings. The molecule has 2 amide bonds. The number of urea groups is 1. The van der Waals surface area contributed by atoms with Gasteiger partial charge in [-0.15, -0.1) is 0 Å². The van der Waals surface area contributed by atoms with E-state index < -0.39 is 5.82 Å². The molecule has 8 nitrogen and oxygen atoms in total. The number of hydrogen-bond donors (Lipinski definition) is 2. The van der Waals surface area contributed by atoms with Crippen LogP contribution in [0.3, 0.4) is 0 Å². The van der Waals surface area contributed by atoms with Gasteiger partial charge in [0, 0.05) is 44.0 Å². The maximum Gasteiger partial charge on any atom is 0.327 e. The van der Waals surface area contributed by atoms with Crippen molar-refractivity contribution >= 4 is 29.0 Å². The Labute approximate surface area is 185 Å². The quantitative estimate of drug-likeness (QED) is 0.646. The van der Waals surface area contributed by atoms with Gasteiger partial charge in [0.15, 0.2) is 5.82 Å². The van der Waals surface area contributed by atoms with Crippen LogP contribution in [0.2, 0.25) is 0 Å². The molecule has 0 bridgehead atoms. The highest BCUT2D eigenvalue weighted by Gasteiger charge is 2.24. The second kappa shape index (κ2) is 8.78. The number of nitrogens with one attached hydrogen (secondary N) is 2. The summed E-state index contributed by atoms with van der Waals surface area (Å²) in [6, 6.07) is 8.74. The fraction of sp³-hybridized carbons (Fsp3) is 0.304. The first-order valence-corrected chi connectivity index (χ1v) is 10.8. The predicted molar refractivity (Wildman–Crippen MR) is 123 cm³/mol. The molecule has 0 radical (unpaired) electrons. The van der Waals surface area contributed by atoms with E-state index in [-0.39, 0.29) is 6.03 Å². The number of pyridine rings is 3. The maximum absolute atomic E-state index is 13.5. The van der Waals surface area contributed by atoms with Crippen LogP contribution in [0.15, 0.2) is 48.9 Å². The number of nitrogens with zero attached hydrogens (tertiary/aromatic N) is 5. The van der Waals surface area contributed by atoms with E-state index in [9.17, 15) is 9.18 Å². The molecule has 1 fully saturated rings. The Morgan fingerprint density at radius 3 is 2.78 bits per heavy atom. The second-order valence-corrected chi connectivity index (χ2v) is 7.92. The SMILES string of the molecule is O=C(Nc1cncc(F)c1)N1CCCNc2ccc(-c3ccnc(N4CCCC4)c3)nc21. The Morgan fingerprint density at radius 2 is 1.94 bits per heavy atom. The van der Waals surface area contributed by atoms with Gasteiger partial charge in [-0.3, -0.25) is 9.88 Å². The lowest BCUT2D eigenvalue weighted by Gasteiger charge is -2.22. The average Bonchev–Trinajstić information content (AvgIpc) is 3.26. The highest BCUT2D eigenvalue weighted by atomic mass is 19.1. The minimum Gasteiger partial charge on any atom is -0.382 e. The van der Waals surface area contributed by atoms with Crippen LogP contribution < -0.4 is 20.4 Å². The molecule has 0 spiro atoms. The van der Waals surface area contributed by atoms with Crippen molar-refractivity contribution in [2.45, 2.75) is 19.3 Å². The summed E-state index contributed by atoms with van der Waals surface area (Å²) >= 11 is 0. The molecule has 3 aromatic heterocycles. The van der Waals surface area contributed by atoms with Crippen molar-refractivity contribution in [1.29, 1.82) is 0 Å². The van der Waals surface area contributed by atoms with Crippen molar-refractivity contribution in [3.63, 3.8) is 0 Å². The molecule has 32 heavy (non-hydrogen) atoms. The summed E-state index contributed by atoms with van der Waals surface area (Å²) in [5, 5.41) is 6.07. The van der Waals surface area contributed by atoms with E-state index in [4.69, 9.17) is 4.98 Å². The van der Waals surface area contributed by atoms with Gasteiger partial charge in [-0.1, -0.05) is 0 Å². The molecular formula is C23H24FN7O. The Morgan fingerprint density at radius 1 is 1.06 bits per heavy atom. The van der Waals surface area contributed by atoms with Crippen LogP contribution in [0.25, 0.3) is 11.3 Å². The van der Waals surface area contributed by atoms with Crippen molar-refractivity contribution in [1.82, 2.24) is 15.0 Å². The summed E-state index contributed by atoms with van der Waals surface area (Å²) in [6.07, 6.45) is 7.43. The number of anilines is 4. The Balaban J connectivity index is 1.46. The first-order chi connectivity index (χ1) is 15.7. The largest absolute Gasteiger partial charge is 0.382 e. The first-order valence-electron chi connectivity index (χ1n) is 10.8. The zero-order chi connectivity index (χ0) is 21.9. The zero-order valence-corrected chi connectivity index (χ0v) is 17.6. The first kappa shape index (κ1) is 20.2. The van der Waals surface area contributed by atoms with E-state index in [0.29, 0.717) is 18.1 Å². The van der Waals surface area contributed by atoms with E-state index in [1.54, 1.807) is 11.1 Å². The van der Waals surface area contributed by atoms with Crippen LogP contribution in [-0.4, -0.2) is 47.2 Å². The molecule has 5 rings (SSSR count). The molecule has 0 unspecified atom stereocenters. The van der Waals surface area contributed by atoms with Crippen molar-refractivity contribution in [2.75, 3.05) is 46.6 Å². The maximum atomic E-state index is 13.5. The van der Waals surface area contributed by atoms with Crippen LogP contribution >= 0.6 is 0 Å². The van der Waals surface area contributed by atoms with Gasteiger partial charge in [0.2, 0.25) is 0 Å². The van der Waals surface area contributed by atoms with Gasteiger partial charge in [-0.2, -0.15) is 0 Å². The minimum absolute atomic E-state index is 0.300. The Hall–Kier alpha value is -3.75. The van der Waals surface area contributed by atoms with Crippen LogP contribution in [0.5, 0.6) is 0 Å². The molecule has 2 aliphatic heterocycles. The van der Waals surface area contributed by atoms with Crippen LogP contribution in [0.1, 0.15) is 19.3 Å². The summed E-state index contributed by atoms with van der Waals surface area (Å²) in [6.45, 7) is 3.25. The van der Waals surface area contributed by atoms with Crippen LogP contribution in [-0.2, 0) is 0 Å². The molecule has 0 saturated carbocycles. The van der Waals surface area contributed by atoms with Crippen LogP contribution in [0, 0.1) is 5.82 Å². The normalized spacial score (nSPS) is 15.7. The van der Waals surface area contributed by atoms with Crippen molar-refractivity contribution < 1.29 is 9.18 Å². The molecule has 2 aliphatic rings. The van der Waals surface area contributed by atoms with Gasteiger partial charge in [0.1, 0.15) is 11.6 Å². The van der Waals surface area contributed by atoms with Gasteiger partial charge in [-0.25, -0.2) is 19.2 Å². The Kier molecular flexibility index (Phi) is 5.53. The number of halogens is 1. The number of carbonyl (C=O) groups is 1. The van der Waals surface area contributed by atoms with Gasteiger partial charge in [0.25, 0.3) is 0 Å². The lowest BCUT2D eigenvalue weighted by atomic mass is 10.1. The molecule has 5 heterocycles. The van der Waals surface area contributed by atoms with E-state index in [1.165, 1.54) is 25.1 Å². The highest BCUT2D eigenvalue weighted by Crippen LogP contribution is 2.31. The third-order valence-electron chi connectivity index (χ3n) is 5.68. The number of rotatable bonds is 3. The number of aromatic nitrogens is 3. The van der Waals surface area contributed by atoms with Crippen molar-refractivity contribution in [3.05, 3.63) is 54.7 Å². The lowest BCUT2D eigenvalue weighted by Crippen LogP contribution is -2.36. The second-order valence-electron chi connectivity index (χ2n) is 7.92. The van der Waals surface area contributed by atoms with E-state index in [0.717, 1.165) is 55.0 Å². The number of fused-ring (bicyclic) bond motifs is 1. The molecule has 1 saturated heterocycles. The van der Waals surface area contributed by atoms with Crippen LogP contribution in [0.4, 0.5) is 32.2 Å². The molecule has 164 valence electrons. The smallest absolute Gasteiger partial charge is 0.327 e. The third kappa shape index (κ3) is 4.18. The van der Waals surface area contributed by atoms with Crippen molar-refractivity contribution in [2.24, 2.45) is 0 Å². The average molecular weight is 433 g/mol. The van der Waals surface area contributed by atoms with Gasteiger partial charge >= 0.3 is 6.03 Å². The van der Waals surface area contributed by atoms with E-state index >= 15 is 0 Å². The molecule has 2 N–H and O–H groups in total. The standard InChI is InChI=1S/C23H24FN7O/c24-17-13-18(15-25-14-17)28-23(32)31-11-3-7-26-20-5-4-19(29-22(20)31)16-6-8-27-21(12-16)30-9-1-2-10-30/h4-6,8,12-15,26H,1-3,7,9-11H2,(H,28,32). The molecule has 0 aliphatic carbocycles. The highest BCUT2D eigenvalue weighted by molar-refractivity contribution is 6.03. The zero-order valence-electron chi connectivity index (χ0n) is 17.6. The summed E-state index contributed by atoms with van der Waals surface area (Å²) < 4.78 is 13.5. The van der Waals surface area contributed by atoms with Gasteiger partial charge < -0.3 is 15.5 Å². The number of hydrogen-bond acceptors (Lipinski definition) is 6. The number of carbonyl (C=O) groups excluding carboxylic acids is 1. The summed E-state index contributed by atoms with van der Waals surface area (Å²) in [7, 11) is 0. The summed E-state index contributed by atoms with van der Waals surface area (Å²) in [5.74, 6) is 0.983.